The van der Waals surface area contributed by atoms with Crippen LogP contribution in [-0.2, 0) is 6.18 Å². The van der Waals surface area contributed by atoms with E-state index >= 15 is 0 Å². The lowest BCUT2D eigenvalue weighted by atomic mass is 10.2. The summed E-state index contributed by atoms with van der Waals surface area (Å²) >= 11 is 0. The molecule has 90 valence electrons. The monoisotopic (exact) mass is 240 g/mol. The van der Waals surface area contributed by atoms with Crippen molar-refractivity contribution in [3.8, 4) is 5.69 Å². The van der Waals surface area contributed by atoms with Gasteiger partial charge in [-0.05, 0) is 43.7 Å². The normalized spacial score (nSPS) is 11.8. The molecule has 0 saturated carbocycles. The minimum Gasteiger partial charge on any atom is -0.238 e. The Hall–Kier alpha value is -1.78. The van der Waals surface area contributed by atoms with E-state index in [0.29, 0.717) is 5.69 Å². The van der Waals surface area contributed by atoms with Crippen LogP contribution >= 0.6 is 0 Å². The van der Waals surface area contributed by atoms with Crippen molar-refractivity contribution in [1.82, 2.24) is 9.78 Å². The first-order valence-electron chi connectivity index (χ1n) is 5.08. The molecule has 0 atom stereocenters. The zero-order valence-electron chi connectivity index (χ0n) is 9.42. The fourth-order valence-corrected chi connectivity index (χ4v) is 1.54. The molecule has 17 heavy (non-hydrogen) atoms. The van der Waals surface area contributed by atoms with Gasteiger partial charge in [0.2, 0.25) is 0 Å². The Morgan fingerprint density at radius 2 is 1.65 bits per heavy atom. The number of benzene rings is 1. The fourth-order valence-electron chi connectivity index (χ4n) is 1.54. The van der Waals surface area contributed by atoms with E-state index in [-0.39, 0.29) is 0 Å². The van der Waals surface area contributed by atoms with Crippen molar-refractivity contribution in [2.24, 2.45) is 0 Å². The molecule has 2 nitrogen and oxygen atoms in total. The summed E-state index contributed by atoms with van der Waals surface area (Å²) in [4.78, 5) is 0. The molecule has 0 radical (unpaired) electrons. The third kappa shape index (κ3) is 2.18. The van der Waals surface area contributed by atoms with Crippen LogP contribution in [0.15, 0.2) is 30.5 Å². The van der Waals surface area contributed by atoms with Crippen LogP contribution < -0.4 is 0 Å². The molecule has 2 aromatic rings. The van der Waals surface area contributed by atoms with Gasteiger partial charge in [-0.2, -0.15) is 18.3 Å². The fraction of sp³-hybridized carbons (Fsp3) is 0.250. The lowest BCUT2D eigenvalue weighted by molar-refractivity contribution is -0.137. The van der Waals surface area contributed by atoms with Crippen molar-refractivity contribution in [3.63, 3.8) is 0 Å². The maximum atomic E-state index is 12.4. The molecule has 0 N–H and O–H groups in total. The minimum atomic E-state index is -4.30. The molecule has 0 saturated heterocycles. The quantitative estimate of drug-likeness (QED) is 0.745. The Labute approximate surface area is 96.7 Å². The van der Waals surface area contributed by atoms with Crippen molar-refractivity contribution in [3.05, 3.63) is 47.3 Å². The summed E-state index contributed by atoms with van der Waals surface area (Å²) in [6.45, 7) is 3.78. The van der Waals surface area contributed by atoms with E-state index in [2.05, 4.69) is 5.10 Å². The molecule has 0 spiro atoms. The first-order valence-corrected chi connectivity index (χ1v) is 5.08. The molecule has 0 amide bonds. The standard InChI is InChI=1S/C12H11F3N2/c1-8-7-16-17(9(8)2)11-5-3-10(4-6-11)12(13,14)15/h3-7H,1-2H3. The zero-order chi connectivity index (χ0) is 12.6. The van der Waals surface area contributed by atoms with Gasteiger partial charge in [0.1, 0.15) is 0 Å². The maximum Gasteiger partial charge on any atom is 0.416 e. The van der Waals surface area contributed by atoms with E-state index in [0.717, 1.165) is 23.4 Å². The van der Waals surface area contributed by atoms with Gasteiger partial charge >= 0.3 is 6.18 Å². The smallest absolute Gasteiger partial charge is 0.238 e. The highest BCUT2D eigenvalue weighted by Gasteiger charge is 2.30. The Morgan fingerprint density at radius 1 is 1.06 bits per heavy atom. The number of hydrogen-bond acceptors (Lipinski definition) is 1. The van der Waals surface area contributed by atoms with Gasteiger partial charge in [-0.25, -0.2) is 4.68 Å². The van der Waals surface area contributed by atoms with Gasteiger partial charge in [0.05, 0.1) is 17.4 Å². The van der Waals surface area contributed by atoms with Crippen molar-refractivity contribution in [2.75, 3.05) is 0 Å². The number of rotatable bonds is 1. The van der Waals surface area contributed by atoms with Gasteiger partial charge in [-0.1, -0.05) is 0 Å². The van der Waals surface area contributed by atoms with Crippen molar-refractivity contribution >= 4 is 0 Å². The van der Waals surface area contributed by atoms with Crippen LogP contribution in [0.1, 0.15) is 16.8 Å². The van der Waals surface area contributed by atoms with Crippen LogP contribution in [0, 0.1) is 13.8 Å². The molecule has 0 unspecified atom stereocenters. The molecule has 0 bridgehead atoms. The second kappa shape index (κ2) is 3.91. The van der Waals surface area contributed by atoms with Crippen LogP contribution in [0.2, 0.25) is 0 Å². The zero-order valence-corrected chi connectivity index (χ0v) is 9.42. The van der Waals surface area contributed by atoms with Crippen LogP contribution in [-0.4, -0.2) is 9.78 Å². The molecular formula is C12H11F3N2. The summed E-state index contributed by atoms with van der Waals surface area (Å²) in [5.41, 5.74) is 1.90. The molecule has 0 aliphatic rings. The average Bonchev–Trinajstić information content (AvgIpc) is 2.59. The molecule has 1 aromatic heterocycles. The lowest BCUT2D eigenvalue weighted by Crippen LogP contribution is -2.05. The lowest BCUT2D eigenvalue weighted by Gasteiger charge is -2.08. The topological polar surface area (TPSA) is 17.8 Å². The summed E-state index contributed by atoms with van der Waals surface area (Å²) in [5, 5.41) is 4.11. The van der Waals surface area contributed by atoms with E-state index in [1.165, 1.54) is 12.1 Å². The number of alkyl halides is 3. The molecular weight excluding hydrogens is 229 g/mol. The SMILES string of the molecule is Cc1cnn(-c2ccc(C(F)(F)F)cc2)c1C. The summed E-state index contributed by atoms with van der Waals surface area (Å²) < 4.78 is 38.8. The van der Waals surface area contributed by atoms with E-state index in [4.69, 9.17) is 0 Å². The highest BCUT2D eigenvalue weighted by Crippen LogP contribution is 2.29. The number of hydrogen-bond donors (Lipinski definition) is 0. The molecule has 0 aliphatic heterocycles. The number of halogens is 3. The largest absolute Gasteiger partial charge is 0.416 e. The predicted octanol–water partition coefficient (Wildman–Crippen LogP) is 3.51. The highest BCUT2D eigenvalue weighted by molar-refractivity contribution is 5.37. The molecule has 2 rings (SSSR count). The van der Waals surface area contributed by atoms with E-state index in [1.54, 1.807) is 10.9 Å². The van der Waals surface area contributed by atoms with Gasteiger partial charge in [0.25, 0.3) is 0 Å². The van der Waals surface area contributed by atoms with Gasteiger partial charge < -0.3 is 0 Å². The Balaban J connectivity index is 2.40. The maximum absolute atomic E-state index is 12.4. The Kier molecular flexibility index (Phi) is 2.69. The first-order chi connectivity index (χ1) is 7.89. The molecule has 1 heterocycles. The molecule has 0 fully saturated rings. The number of aromatic nitrogens is 2. The highest BCUT2D eigenvalue weighted by atomic mass is 19.4. The summed E-state index contributed by atoms with van der Waals surface area (Å²) in [5.74, 6) is 0. The van der Waals surface area contributed by atoms with E-state index in [1.807, 2.05) is 13.8 Å². The Bertz CT molecular complexity index is 524. The number of aryl methyl sites for hydroxylation is 1. The van der Waals surface area contributed by atoms with Crippen LogP contribution in [0.5, 0.6) is 0 Å². The van der Waals surface area contributed by atoms with E-state index in [9.17, 15) is 13.2 Å². The summed E-state index contributed by atoms with van der Waals surface area (Å²) in [6.07, 6.45) is -2.61. The Morgan fingerprint density at radius 3 is 2.06 bits per heavy atom. The summed E-state index contributed by atoms with van der Waals surface area (Å²) in [7, 11) is 0. The van der Waals surface area contributed by atoms with Crippen LogP contribution in [0.4, 0.5) is 13.2 Å². The van der Waals surface area contributed by atoms with Crippen molar-refractivity contribution in [1.29, 1.82) is 0 Å². The van der Waals surface area contributed by atoms with Gasteiger partial charge in [-0.3, -0.25) is 0 Å². The summed E-state index contributed by atoms with van der Waals surface area (Å²) in [6, 6.07) is 4.96. The molecule has 1 aromatic carbocycles. The van der Waals surface area contributed by atoms with Gasteiger partial charge in [0.15, 0.2) is 0 Å². The average molecular weight is 240 g/mol. The van der Waals surface area contributed by atoms with Gasteiger partial charge in [-0.15, -0.1) is 0 Å². The number of nitrogens with zero attached hydrogens (tertiary/aromatic N) is 2. The third-order valence-electron chi connectivity index (χ3n) is 2.69. The minimum absolute atomic E-state index is 0.628. The predicted molar refractivity (Wildman–Crippen MR) is 58.0 cm³/mol. The van der Waals surface area contributed by atoms with Crippen molar-refractivity contribution < 1.29 is 13.2 Å². The molecule has 5 heteroatoms. The molecule has 0 aliphatic carbocycles. The van der Waals surface area contributed by atoms with E-state index < -0.39 is 11.7 Å². The van der Waals surface area contributed by atoms with Crippen LogP contribution in [0.3, 0.4) is 0 Å². The second-order valence-electron chi connectivity index (χ2n) is 3.87. The third-order valence-corrected chi connectivity index (χ3v) is 2.69. The second-order valence-corrected chi connectivity index (χ2v) is 3.87. The van der Waals surface area contributed by atoms with Gasteiger partial charge in [0, 0.05) is 5.69 Å². The van der Waals surface area contributed by atoms with Crippen molar-refractivity contribution in [2.45, 2.75) is 20.0 Å². The first kappa shape index (κ1) is 11.7. The van der Waals surface area contributed by atoms with Crippen LogP contribution in [0.25, 0.3) is 5.69 Å².